The summed E-state index contributed by atoms with van der Waals surface area (Å²) in [7, 11) is 1.13. The van der Waals surface area contributed by atoms with E-state index in [0.29, 0.717) is 0 Å². The molecular weight excluding hydrogens is 360 g/mol. The molecule has 1 atom stereocenters. The van der Waals surface area contributed by atoms with Crippen LogP contribution in [0.3, 0.4) is 0 Å². The van der Waals surface area contributed by atoms with Gasteiger partial charge in [-0.1, -0.05) is 6.07 Å². The smallest absolute Gasteiger partial charge is 0.354 e. The molecule has 3 rings (SSSR count). The Hall–Kier alpha value is -3.63. The van der Waals surface area contributed by atoms with Crippen molar-refractivity contribution in [1.82, 2.24) is 5.01 Å². The first-order valence-electron chi connectivity index (χ1n) is 7.79. The van der Waals surface area contributed by atoms with Crippen molar-refractivity contribution in [2.24, 2.45) is 5.10 Å². The van der Waals surface area contributed by atoms with E-state index < -0.39 is 40.6 Å². The van der Waals surface area contributed by atoms with Gasteiger partial charge < -0.3 is 4.74 Å². The molecule has 3 amide bonds. The van der Waals surface area contributed by atoms with Gasteiger partial charge in [-0.3, -0.25) is 24.5 Å². The van der Waals surface area contributed by atoms with Gasteiger partial charge in [0.1, 0.15) is 5.71 Å². The van der Waals surface area contributed by atoms with Crippen LogP contribution in [0.5, 0.6) is 0 Å². The lowest BCUT2D eigenvalue weighted by molar-refractivity contribution is -0.384. The van der Waals surface area contributed by atoms with E-state index >= 15 is 0 Å². The average molecular weight is 374 g/mol. The van der Waals surface area contributed by atoms with E-state index in [4.69, 9.17) is 0 Å². The van der Waals surface area contributed by atoms with Crippen molar-refractivity contribution in [3.8, 4) is 0 Å². The van der Waals surface area contributed by atoms with Crippen LogP contribution in [0.1, 0.15) is 19.8 Å². The number of amides is 3. The number of carbonyl (C=O) groups excluding carboxylic acids is 4. The number of hydrogen-bond acceptors (Lipinski definition) is 8. The van der Waals surface area contributed by atoms with Crippen LogP contribution >= 0.6 is 0 Å². The Bertz CT molecular complexity index is 925. The van der Waals surface area contributed by atoms with E-state index in [-0.39, 0.29) is 23.5 Å². The second-order valence-electron chi connectivity index (χ2n) is 6.07. The van der Waals surface area contributed by atoms with Gasteiger partial charge in [0.05, 0.1) is 24.1 Å². The Kier molecular flexibility index (Phi) is 4.22. The van der Waals surface area contributed by atoms with E-state index in [1.165, 1.54) is 18.2 Å². The number of esters is 1. The standard InChI is InChI=1S/C16H14N4O7/c1-9(21)19-16(7-12(17-19)14(23)27-2)8-13(22)18(15(16)24)10-4-3-5-11(6-10)20(25)26/h3-6H,7-8H2,1-2H3/t16-/m1/s1. The molecule has 140 valence electrons. The van der Waals surface area contributed by atoms with Gasteiger partial charge in [-0.2, -0.15) is 5.10 Å². The summed E-state index contributed by atoms with van der Waals surface area (Å²) in [6, 6.07) is 5.02. The number of nitro groups is 1. The van der Waals surface area contributed by atoms with Crippen LogP contribution in [-0.4, -0.2) is 52.0 Å². The van der Waals surface area contributed by atoms with Gasteiger partial charge in [0, 0.05) is 25.5 Å². The lowest BCUT2D eigenvalue weighted by atomic mass is 9.91. The van der Waals surface area contributed by atoms with Gasteiger partial charge in [-0.25, -0.2) is 14.7 Å². The largest absolute Gasteiger partial charge is 0.464 e. The van der Waals surface area contributed by atoms with Crippen molar-refractivity contribution < 1.29 is 28.8 Å². The first-order valence-corrected chi connectivity index (χ1v) is 7.79. The van der Waals surface area contributed by atoms with Crippen LogP contribution in [0.2, 0.25) is 0 Å². The normalized spacial score (nSPS) is 21.6. The number of carbonyl (C=O) groups is 4. The fourth-order valence-electron chi connectivity index (χ4n) is 3.24. The van der Waals surface area contributed by atoms with E-state index in [1.807, 2.05) is 0 Å². The highest BCUT2D eigenvalue weighted by atomic mass is 16.6. The summed E-state index contributed by atoms with van der Waals surface area (Å²) in [5.41, 5.74) is -2.13. The van der Waals surface area contributed by atoms with E-state index in [0.717, 1.165) is 30.0 Å². The molecule has 0 N–H and O–H groups in total. The van der Waals surface area contributed by atoms with Crippen molar-refractivity contribution >= 4 is 40.8 Å². The van der Waals surface area contributed by atoms with Crippen molar-refractivity contribution in [3.05, 3.63) is 34.4 Å². The fourth-order valence-corrected chi connectivity index (χ4v) is 3.24. The first-order chi connectivity index (χ1) is 12.7. The molecule has 1 spiro atoms. The zero-order valence-electron chi connectivity index (χ0n) is 14.4. The van der Waals surface area contributed by atoms with Crippen LogP contribution in [0.25, 0.3) is 0 Å². The molecule has 11 heteroatoms. The van der Waals surface area contributed by atoms with Gasteiger partial charge in [0.25, 0.3) is 11.6 Å². The van der Waals surface area contributed by atoms with Gasteiger partial charge in [0.2, 0.25) is 11.8 Å². The summed E-state index contributed by atoms with van der Waals surface area (Å²) >= 11 is 0. The van der Waals surface area contributed by atoms with Crippen LogP contribution in [0.15, 0.2) is 29.4 Å². The predicted octanol–water partition coefficient (Wildman–Crippen LogP) is 0.378. The summed E-state index contributed by atoms with van der Waals surface area (Å²) in [6.45, 7) is 1.15. The number of methoxy groups -OCH3 is 1. The minimum absolute atomic E-state index is 0.00564. The SMILES string of the molecule is COC(=O)C1=NN(C(C)=O)[C@@]2(CC(=O)N(c3cccc([N+](=O)[O-])c3)C2=O)C1. The predicted molar refractivity (Wildman–Crippen MR) is 89.5 cm³/mol. The summed E-state index contributed by atoms with van der Waals surface area (Å²) in [5.74, 6) is -2.89. The number of nitro benzene ring substituents is 1. The van der Waals surface area contributed by atoms with E-state index in [9.17, 15) is 29.3 Å². The van der Waals surface area contributed by atoms with E-state index in [1.54, 1.807) is 0 Å². The number of hydrazone groups is 1. The Morgan fingerprint density at radius 2 is 2.00 bits per heavy atom. The zero-order chi connectivity index (χ0) is 19.9. The minimum atomic E-state index is -1.68. The molecule has 27 heavy (non-hydrogen) atoms. The molecule has 0 unspecified atom stereocenters. The highest BCUT2D eigenvalue weighted by Crippen LogP contribution is 2.41. The summed E-state index contributed by atoms with van der Waals surface area (Å²) in [4.78, 5) is 60.6. The van der Waals surface area contributed by atoms with Crippen LogP contribution in [-0.2, 0) is 23.9 Å². The maximum absolute atomic E-state index is 13.1. The molecule has 0 radical (unpaired) electrons. The topological polar surface area (TPSA) is 139 Å². The highest BCUT2D eigenvalue weighted by Gasteiger charge is 2.61. The Morgan fingerprint density at radius 3 is 2.59 bits per heavy atom. The maximum atomic E-state index is 13.1. The van der Waals surface area contributed by atoms with E-state index in [2.05, 4.69) is 9.84 Å². The zero-order valence-corrected chi connectivity index (χ0v) is 14.4. The third kappa shape index (κ3) is 2.72. The number of rotatable bonds is 3. The molecule has 2 aliphatic rings. The Balaban J connectivity index is 2.03. The second-order valence-corrected chi connectivity index (χ2v) is 6.07. The van der Waals surface area contributed by atoms with Crippen molar-refractivity contribution in [2.45, 2.75) is 25.3 Å². The quantitative estimate of drug-likeness (QED) is 0.322. The molecule has 1 aromatic carbocycles. The number of anilines is 1. The van der Waals surface area contributed by atoms with Gasteiger partial charge in [0.15, 0.2) is 5.54 Å². The molecule has 0 aromatic heterocycles. The third-order valence-electron chi connectivity index (χ3n) is 4.40. The van der Waals surface area contributed by atoms with Gasteiger partial charge >= 0.3 is 5.97 Å². The Morgan fingerprint density at radius 1 is 1.30 bits per heavy atom. The summed E-state index contributed by atoms with van der Waals surface area (Å²) in [5, 5.41) is 15.7. The number of hydrogen-bond donors (Lipinski definition) is 0. The number of nitrogens with zero attached hydrogens (tertiary/aromatic N) is 4. The molecule has 1 aromatic rings. The second kappa shape index (κ2) is 6.27. The molecule has 1 saturated heterocycles. The molecular formula is C16H14N4O7. The highest BCUT2D eigenvalue weighted by molar-refractivity contribution is 6.39. The van der Waals surface area contributed by atoms with Crippen LogP contribution in [0.4, 0.5) is 11.4 Å². The summed E-state index contributed by atoms with van der Waals surface area (Å²) < 4.78 is 4.59. The summed E-state index contributed by atoms with van der Waals surface area (Å²) in [6.07, 6.45) is -0.687. The minimum Gasteiger partial charge on any atom is -0.464 e. The van der Waals surface area contributed by atoms with Gasteiger partial charge in [-0.15, -0.1) is 0 Å². The number of non-ortho nitro benzene ring substituents is 1. The lowest BCUT2D eigenvalue weighted by Gasteiger charge is -2.28. The lowest BCUT2D eigenvalue weighted by Crippen LogP contribution is -2.51. The van der Waals surface area contributed by atoms with Crippen LogP contribution in [0, 0.1) is 10.1 Å². The number of benzene rings is 1. The molecule has 0 aliphatic carbocycles. The number of imide groups is 1. The fraction of sp³-hybridized carbons (Fsp3) is 0.312. The first kappa shape index (κ1) is 18.2. The van der Waals surface area contributed by atoms with Gasteiger partial charge in [-0.05, 0) is 6.07 Å². The van der Waals surface area contributed by atoms with Crippen LogP contribution < -0.4 is 4.90 Å². The monoisotopic (exact) mass is 374 g/mol. The molecule has 2 heterocycles. The van der Waals surface area contributed by atoms with Crippen molar-refractivity contribution in [2.75, 3.05) is 12.0 Å². The molecule has 2 aliphatic heterocycles. The Labute approximate surface area is 152 Å². The molecule has 1 fully saturated rings. The molecule has 0 bridgehead atoms. The average Bonchev–Trinajstić information content (AvgIpc) is 3.13. The maximum Gasteiger partial charge on any atom is 0.354 e. The third-order valence-corrected chi connectivity index (χ3v) is 4.40. The number of ether oxygens (including phenoxy) is 1. The van der Waals surface area contributed by atoms with Crippen molar-refractivity contribution in [3.63, 3.8) is 0 Å². The molecule has 11 nitrogen and oxygen atoms in total. The molecule has 0 saturated carbocycles. The van der Waals surface area contributed by atoms with Crippen molar-refractivity contribution in [1.29, 1.82) is 0 Å².